The number of methoxy groups -OCH3 is 1. The smallest absolute Gasteiger partial charge is 0.335 e. The molecule has 2 aromatic heterocycles. The first-order valence-corrected chi connectivity index (χ1v) is 7.81. The largest absolute Gasteiger partial charge is 0.497 e. The fourth-order valence-corrected chi connectivity index (χ4v) is 2.99. The Labute approximate surface area is 147 Å². The molecule has 25 heavy (non-hydrogen) atoms. The summed E-state index contributed by atoms with van der Waals surface area (Å²) < 4.78 is 5.25. The van der Waals surface area contributed by atoms with Gasteiger partial charge in [-0.15, -0.1) is 0 Å². The van der Waals surface area contributed by atoms with Gasteiger partial charge < -0.3 is 14.8 Å². The van der Waals surface area contributed by atoms with Crippen molar-refractivity contribution in [3.05, 3.63) is 53.3 Å². The fourth-order valence-electron chi connectivity index (χ4n) is 2.82. The number of hydrogen-bond donors (Lipinski definition) is 2. The van der Waals surface area contributed by atoms with E-state index in [9.17, 15) is 4.79 Å². The molecule has 0 aliphatic rings. The summed E-state index contributed by atoms with van der Waals surface area (Å²) in [7, 11) is 1.61. The van der Waals surface area contributed by atoms with Crippen LogP contribution in [0.5, 0.6) is 5.75 Å². The van der Waals surface area contributed by atoms with E-state index in [0.29, 0.717) is 11.2 Å². The minimum atomic E-state index is -0.977. The van der Waals surface area contributed by atoms with Crippen LogP contribution in [0.2, 0.25) is 5.28 Å². The maximum Gasteiger partial charge on any atom is 0.335 e. The van der Waals surface area contributed by atoms with Gasteiger partial charge >= 0.3 is 5.97 Å². The van der Waals surface area contributed by atoms with Gasteiger partial charge in [0.15, 0.2) is 0 Å². The van der Waals surface area contributed by atoms with Crippen molar-refractivity contribution >= 4 is 39.5 Å². The van der Waals surface area contributed by atoms with Crippen LogP contribution in [-0.4, -0.2) is 33.1 Å². The van der Waals surface area contributed by atoms with Crippen molar-refractivity contribution in [2.24, 2.45) is 0 Å². The molecule has 2 aromatic carbocycles. The number of aromatic nitrogens is 3. The maximum absolute atomic E-state index is 11.0. The number of hydrogen-bond acceptors (Lipinski definition) is 4. The predicted octanol–water partition coefficient (Wildman–Crippen LogP) is 4.14. The number of fused-ring (bicyclic) bond motifs is 3. The van der Waals surface area contributed by atoms with Gasteiger partial charge in [0.05, 0.1) is 29.4 Å². The summed E-state index contributed by atoms with van der Waals surface area (Å²) in [5, 5.41) is 10.1. The van der Waals surface area contributed by atoms with Gasteiger partial charge in [-0.25, -0.2) is 14.8 Å². The standard InChI is InChI=1S/C18H12ClN3O3/c1-25-11-6-7-12-13(8-11)20-16-14(21-18(19)22-15(12)16)9-2-4-10(5-3-9)17(23)24/h2-8,20H,1H3,(H,23,24). The number of carbonyl (C=O) groups is 1. The van der Waals surface area contributed by atoms with Gasteiger partial charge in [-0.05, 0) is 35.9 Å². The second-order valence-corrected chi connectivity index (χ2v) is 5.82. The van der Waals surface area contributed by atoms with E-state index in [1.54, 1.807) is 19.2 Å². The Kier molecular flexibility index (Phi) is 3.54. The van der Waals surface area contributed by atoms with Gasteiger partial charge in [-0.2, -0.15) is 0 Å². The maximum atomic E-state index is 11.0. The van der Waals surface area contributed by atoms with E-state index in [1.807, 2.05) is 18.2 Å². The molecule has 0 atom stereocenters. The van der Waals surface area contributed by atoms with Gasteiger partial charge in [-0.1, -0.05) is 12.1 Å². The van der Waals surface area contributed by atoms with Crippen molar-refractivity contribution in [3.63, 3.8) is 0 Å². The van der Waals surface area contributed by atoms with Crippen LogP contribution in [0.1, 0.15) is 10.4 Å². The summed E-state index contributed by atoms with van der Waals surface area (Å²) in [6.07, 6.45) is 0. The third-order valence-electron chi connectivity index (χ3n) is 4.03. The molecule has 0 aliphatic heterocycles. The molecule has 0 saturated heterocycles. The average molecular weight is 354 g/mol. The highest BCUT2D eigenvalue weighted by Gasteiger charge is 2.15. The third-order valence-corrected chi connectivity index (χ3v) is 4.20. The molecule has 0 bridgehead atoms. The number of carboxylic acids is 1. The number of carboxylic acid groups (broad SMARTS) is 1. The number of aromatic carboxylic acids is 1. The minimum Gasteiger partial charge on any atom is -0.497 e. The monoisotopic (exact) mass is 353 g/mol. The van der Waals surface area contributed by atoms with E-state index in [-0.39, 0.29) is 10.8 Å². The number of aromatic amines is 1. The van der Waals surface area contributed by atoms with Gasteiger partial charge in [0.1, 0.15) is 11.3 Å². The Morgan fingerprint density at radius 2 is 1.92 bits per heavy atom. The van der Waals surface area contributed by atoms with Gasteiger partial charge in [0.25, 0.3) is 0 Å². The van der Waals surface area contributed by atoms with Crippen LogP contribution in [0.3, 0.4) is 0 Å². The van der Waals surface area contributed by atoms with Crippen LogP contribution < -0.4 is 4.74 Å². The Bertz CT molecular complexity index is 1120. The molecule has 0 spiro atoms. The lowest BCUT2D eigenvalue weighted by Crippen LogP contribution is -1.96. The minimum absolute atomic E-state index is 0.126. The molecule has 0 saturated carbocycles. The lowest BCUT2D eigenvalue weighted by atomic mass is 10.1. The normalized spacial score (nSPS) is 11.1. The van der Waals surface area contributed by atoms with Crippen LogP contribution in [0, 0.1) is 0 Å². The van der Waals surface area contributed by atoms with Crippen molar-refractivity contribution in [2.45, 2.75) is 0 Å². The van der Waals surface area contributed by atoms with Crippen LogP contribution in [-0.2, 0) is 0 Å². The third kappa shape index (κ3) is 2.56. The summed E-state index contributed by atoms with van der Waals surface area (Å²) in [4.78, 5) is 23.0. The van der Waals surface area contributed by atoms with Crippen LogP contribution in [0.4, 0.5) is 0 Å². The second-order valence-electron chi connectivity index (χ2n) is 5.48. The summed E-state index contributed by atoms with van der Waals surface area (Å²) in [6, 6.07) is 12.1. The fraction of sp³-hybridized carbons (Fsp3) is 0.0556. The first-order chi connectivity index (χ1) is 12.1. The number of ether oxygens (including phenoxy) is 1. The molecule has 0 amide bonds. The molecular weight excluding hydrogens is 342 g/mol. The summed E-state index contributed by atoms with van der Waals surface area (Å²) in [5.74, 6) is -0.249. The van der Waals surface area contributed by atoms with E-state index < -0.39 is 5.97 Å². The Hall–Kier alpha value is -3.12. The topological polar surface area (TPSA) is 88.1 Å². The molecule has 2 heterocycles. The molecule has 0 fully saturated rings. The van der Waals surface area contributed by atoms with Crippen LogP contribution >= 0.6 is 11.6 Å². The van der Waals surface area contributed by atoms with Crippen molar-refractivity contribution in [3.8, 4) is 17.0 Å². The Balaban J connectivity index is 1.98. The Morgan fingerprint density at radius 3 is 2.60 bits per heavy atom. The second kappa shape index (κ2) is 5.75. The molecule has 4 aromatic rings. The number of nitrogens with zero attached hydrogens (tertiary/aromatic N) is 2. The number of nitrogens with one attached hydrogen (secondary N) is 1. The van der Waals surface area contributed by atoms with Crippen molar-refractivity contribution in [1.29, 1.82) is 0 Å². The quantitative estimate of drug-likeness (QED) is 0.540. The lowest BCUT2D eigenvalue weighted by Gasteiger charge is -2.04. The first-order valence-electron chi connectivity index (χ1n) is 7.43. The van der Waals surface area contributed by atoms with E-state index in [2.05, 4.69) is 15.0 Å². The zero-order valence-electron chi connectivity index (χ0n) is 13.1. The highest BCUT2D eigenvalue weighted by atomic mass is 35.5. The summed E-state index contributed by atoms with van der Waals surface area (Å²) in [5.41, 5.74) is 3.86. The summed E-state index contributed by atoms with van der Waals surface area (Å²) >= 11 is 6.12. The SMILES string of the molecule is COc1ccc2c(c1)[nH]c1c(-c3ccc(C(=O)O)cc3)nc(Cl)nc12. The zero-order chi connectivity index (χ0) is 17.6. The van der Waals surface area contributed by atoms with Crippen molar-refractivity contribution < 1.29 is 14.6 Å². The summed E-state index contributed by atoms with van der Waals surface area (Å²) in [6.45, 7) is 0. The molecule has 7 heteroatoms. The molecule has 0 aliphatic carbocycles. The molecule has 2 N–H and O–H groups in total. The average Bonchev–Trinajstić information content (AvgIpc) is 2.98. The van der Waals surface area contributed by atoms with Gasteiger partial charge in [-0.3, -0.25) is 0 Å². The molecule has 4 rings (SSSR count). The highest BCUT2D eigenvalue weighted by Crippen LogP contribution is 2.33. The van der Waals surface area contributed by atoms with E-state index in [4.69, 9.17) is 21.4 Å². The molecule has 0 radical (unpaired) electrons. The van der Waals surface area contributed by atoms with Crippen molar-refractivity contribution in [1.82, 2.24) is 15.0 Å². The number of H-pyrrole nitrogens is 1. The Morgan fingerprint density at radius 1 is 1.16 bits per heavy atom. The van der Waals surface area contributed by atoms with E-state index in [1.165, 1.54) is 12.1 Å². The molecule has 0 unspecified atom stereocenters. The first kappa shape index (κ1) is 15.4. The number of rotatable bonds is 3. The number of halogens is 1. The molecule has 124 valence electrons. The number of benzene rings is 2. The van der Waals surface area contributed by atoms with Crippen LogP contribution in [0.25, 0.3) is 33.2 Å². The predicted molar refractivity (Wildman–Crippen MR) is 95.4 cm³/mol. The van der Waals surface area contributed by atoms with E-state index >= 15 is 0 Å². The van der Waals surface area contributed by atoms with Gasteiger partial charge in [0, 0.05) is 17.0 Å². The molecule has 6 nitrogen and oxygen atoms in total. The lowest BCUT2D eigenvalue weighted by molar-refractivity contribution is 0.0697. The van der Waals surface area contributed by atoms with E-state index in [0.717, 1.165) is 27.7 Å². The van der Waals surface area contributed by atoms with Crippen LogP contribution in [0.15, 0.2) is 42.5 Å². The zero-order valence-corrected chi connectivity index (χ0v) is 13.8. The highest BCUT2D eigenvalue weighted by molar-refractivity contribution is 6.29. The van der Waals surface area contributed by atoms with Crippen molar-refractivity contribution in [2.75, 3.05) is 7.11 Å². The molecular formula is C18H12ClN3O3. The van der Waals surface area contributed by atoms with Gasteiger partial charge in [0.2, 0.25) is 5.28 Å².